The van der Waals surface area contributed by atoms with Crippen LogP contribution in [0.2, 0.25) is 5.02 Å². The minimum Gasteiger partial charge on any atom is -0.497 e. The molecule has 0 saturated carbocycles. The highest BCUT2D eigenvalue weighted by Gasteiger charge is 2.13. The number of ether oxygens (including phenoxy) is 1. The summed E-state index contributed by atoms with van der Waals surface area (Å²) in [7, 11) is 1.59. The average molecular weight is 418 g/mol. The molecule has 0 atom stereocenters. The van der Waals surface area contributed by atoms with Crippen molar-refractivity contribution in [2.75, 3.05) is 25.6 Å². The van der Waals surface area contributed by atoms with Gasteiger partial charge in [0.05, 0.1) is 20.3 Å². The summed E-state index contributed by atoms with van der Waals surface area (Å²) in [6.45, 7) is 0.425. The summed E-state index contributed by atoms with van der Waals surface area (Å²) in [5, 5.41) is 14.4. The summed E-state index contributed by atoms with van der Waals surface area (Å²) in [4.78, 5) is 17.1. The zero-order chi connectivity index (χ0) is 20.1. The molecule has 6 nitrogen and oxygen atoms in total. The van der Waals surface area contributed by atoms with E-state index in [1.165, 1.54) is 0 Å². The van der Waals surface area contributed by atoms with E-state index < -0.39 is 0 Å². The van der Waals surface area contributed by atoms with Gasteiger partial charge in [-0.15, -0.1) is 0 Å². The number of thiocarbonyl (C=S) groups is 1. The molecule has 0 aliphatic carbocycles. The van der Waals surface area contributed by atoms with Gasteiger partial charge in [0.1, 0.15) is 5.75 Å². The van der Waals surface area contributed by atoms with E-state index >= 15 is 0 Å². The molecule has 0 saturated heterocycles. The molecular formula is C20H20ClN3O3S. The number of rotatable bonds is 6. The number of pyridine rings is 1. The van der Waals surface area contributed by atoms with Gasteiger partial charge < -0.3 is 25.0 Å². The van der Waals surface area contributed by atoms with Crippen molar-refractivity contribution in [3.8, 4) is 5.75 Å². The Morgan fingerprint density at radius 3 is 2.82 bits per heavy atom. The van der Waals surface area contributed by atoms with Gasteiger partial charge in [-0.3, -0.25) is 4.79 Å². The summed E-state index contributed by atoms with van der Waals surface area (Å²) >= 11 is 11.5. The van der Waals surface area contributed by atoms with Crippen molar-refractivity contribution in [2.45, 2.75) is 6.54 Å². The Bertz CT molecular complexity index is 1050. The number of anilines is 1. The highest BCUT2D eigenvalue weighted by atomic mass is 35.5. The molecule has 28 heavy (non-hydrogen) atoms. The maximum Gasteiger partial charge on any atom is 0.253 e. The number of aromatic amines is 1. The van der Waals surface area contributed by atoms with Crippen LogP contribution in [0, 0.1) is 0 Å². The summed E-state index contributed by atoms with van der Waals surface area (Å²) in [6.07, 6.45) is 0. The zero-order valence-corrected chi connectivity index (χ0v) is 16.8. The third-order valence-corrected chi connectivity index (χ3v) is 4.82. The Balaban J connectivity index is 1.85. The predicted octanol–water partition coefficient (Wildman–Crippen LogP) is 3.38. The summed E-state index contributed by atoms with van der Waals surface area (Å²) in [5.74, 6) is 0.704. The second-order valence-corrected chi connectivity index (χ2v) is 6.99. The minimum atomic E-state index is -0.203. The molecular weight excluding hydrogens is 398 g/mol. The lowest BCUT2D eigenvalue weighted by Crippen LogP contribution is -2.37. The van der Waals surface area contributed by atoms with Crippen molar-refractivity contribution in [3.05, 3.63) is 69.5 Å². The minimum absolute atomic E-state index is 0.101. The standard InChI is InChI=1S/C20H20ClN3O3S/c1-27-17-5-6-18-13(10-17)9-14(19(26)23-18)12-24(7-8-25)20(28)22-16-4-2-3-15(21)11-16/h2-6,9-11,25H,7-8,12H2,1H3,(H,22,28)(H,23,26). The first kappa shape index (κ1) is 20.1. The van der Waals surface area contributed by atoms with Gasteiger partial charge in [0, 0.05) is 33.7 Å². The van der Waals surface area contributed by atoms with E-state index in [0.717, 1.165) is 16.6 Å². The molecule has 146 valence electrons. The van der Waals surface area contributed by atoms with Gasteiger partial charge in [0.15, 0.2) is 5.11 Å². The van der Waals surface area contributed by atoms with Gasteiger partial charge >= 0.3 is 0 Å². The predicted molar refractivity (Wildman–Crippen MR) is 116 cm³/mol. The first-order valence-electron chi connectivity index (χ1n) is 8.62. The van der Waals surface area contributed by atoms with Crippen LogP contribution in [0.3, 0.4) is 0 Å². The Hall–Kier alpha value is -2.61. The molecule has 1 heterocycles. The SMILES string of the molecule is COc1ccc2[nH]c(=O)c(CN(CCO)C(=S)Nc3cccc(Cl)c3)cc2c1. The zero-order valence-electron chi connectivity index (χ0n) is 15.2. The highest BCUT2D eigenvalue weighted by molar-refractivity contribution is 7.80. The second kappa shape index (κ2) is 9.05. The molecule has 0 spiro atoms. The summed E-state index contributed by atoms with van der Waals surface area (Å²) in [5.41, 5.74) is 1.79. The first-order chi connectivity index (χ1) is 13.5. The maximum atomic E-state index is 12.5. The number of aliphatic hydroxyl groups excluding tert-OH is 1. The molecule has 1 aromatic heterocycles. The number of fused-ring (bicyclic) bond motifs is 1. The normalized spacial score (nSPS) is 10.7. The molecule has 0 aliphatic rings. The topological polar surface area (TPSA) is 77.6 Å². The highest BCUT2D eigenvalue weighted by Crippen LogP contribution is 2.20. The smallest absolute Gasteiger partial charge is 0.253 e. The van der Waals surface area contributed by atoms with Crippen LogP contribution in [0.25, 0.3) is 10.9 Å². The monoisotopic (exact) mass is 417 g/mol. The van der Waals surface area contributed by atoms with E-state index in [9.17, 15) is 9.90 Å². The van der Waals surface area contributed by atoms with Crippen molar-refractivity contribution in [2.24, 2.45) is 0 Å². The van der Waals surface area contributed by atoms with Gasteiger partial charge in [-0.1, -0.05) is 17.7 Å². The van der Waals surface area contributed by atoms with Gasteiger partial charge in [0.2, 0.25) is 0 Å². The Morgan fingerprint density at radius 2 is 2.11 bits per heavy atom. The second-order valence-electron chi connectivity index (χ2n) is 6.16. The fourth-order valence-corrected chi connectivity index (χ4v) is 3.29. The number of aromatic nitrogens is 1. The van der Waals surface area contributed by atoms with Gasteiger partial charge in [-0.2, -0.15) is 0 Å². The molecule has 2 aromatic carbocycles. The number of benzene rings is 2. The van der Waals surface area contributed by atoms with Crippen LogP contribution < -0.4 is 15.6 Å². The van der Waals surface area contributed by atoms with Crippen LogP contribution in [0.5, 0.6) is 5.75 Å². The number of aliphatic hydroxyl groups is 1. The number of methoxy groups -OCH3 is 1. The van der Waals surface area contributed by atoms with Crippen molar-refractivity contribution in [1.29, 1.82) is 0 Å². The Morgan fingerprint density at radius 1 is 1.29 bits per heavy atom. The average Bonchev–Trinajstić information content (AvgIpc) is 2.67. The lowest BCUT2D eigenvalue weighted by atomic mass is 10.1. The third-order valence-electron chi connectivity index (χ3n) is 4.22. The summed E-state index contributed by atoms with van der Waals surface area (Å²) < 4.78 is 5.25. The van der Waals surface area contributed by atoms with Gasteiger partial charge in [-0.25, -0.2) is 0 Å². The van der Waals surface area contributed by atoms with Crippen molar-refractivity contribution in [3.63, 3.8) is 0 Å². The van der Waals surface area contributed by atoms with Crippen LogP contribution in [-0.2, 0) is 6.54 Å². The van der Waals surface area contributed by atoms with Crippen molar-refractivity contribution in [1.82, 2.24) is 9.88 Å². The number of hydrogen-bond donors (Lipinski definition) is 3. The molecule has 0 aliphatic heterocycles. The fourth-order valence-electron chi connectivity index (χ4n) is 2.82. The number of halogens is 1. The lowest BCUT2D eigenvalue weighted by molar-refractivity contribution is 0.248. The third kappa shape index (κ3) is 4.81. The van der Waals surface area contributed by atoms with E-state index in [4.69, 9.17) is 28.6 Å². The van der Waals surface area contributed by atoms with Gasteiger partial charge in [-0.05, 0) is 54.7 Å². The molecule has 0 amide bonds. The molecule has 0 radical (unpaired) electrons. The fraction of sp³-hybridized carbons (Fsp3) is 0.200. The molecule has 8 heteroatoms. The van der Waals surface area contributed by atoms with Crippen LogP contribution in [-0.4, -0.2) is 40.4 Å². The van der Waals surface area contributed by atoms with Gasteiger partial charge in [0.25, 0.3) is 5.56 Å². The lowest BCUT2D eigenvalue weighted by Gasteiger charge is -2.25. The Kier molecular flexibility index (Phi) is 6.51. The van der Waals surface area contributed by atoms with Crippen molar-refractivity contribution < 1.29 is 9.84 Å². The number of hydrogen-bond acceptors (Lipinski definition) is 4. The first-order valence-corrected chi connectivity index (χ1v) is 9.41. The molecule has 0 fully saturated rings. The molecule has 3 N–H and O–H groups in total. The van der Waals surface area contributed by atoms with Crippen LogP contribution in [0.15, 0.2) is 53.3 Å². The summed E-state index contributed by atoms with van der Waals surface area (Å²) in [6, 6.07) is 14.4. The van der Waals surface area contributed by atoms with Crippen LogP contribution in [0.4, 0.5) is 5.69 Å². The van der Waals surface area contributed by atoms with E-state index in [-0.39, 0.29) is 25.3 Å². The van der Waals surface area contributed by atoms with Crippen LogP contribution in [0.1, 0.15) is 5.56 Å². The number of nitrogens with one attached hydrogen (secondary N) is 2. The molecule has 0 unspecified atom stereocenters. The molecule has 0 bridgehead atoms. The number of H-pyrrole nitrogens is 1. The largest absolute Gasteiger partial charge is 0.497 e. The van der Waals surface area contributed by atoms with E-state index in [1.807, 2.05) is 24.3 Å². The van der Waals surface area contributed by atoms with Crippen LogP contribution >= 0.6 is 23.8 Å². The number of nitrogens with zero attached hydrogens (tertiary/aromatic N) is 1. The van der Waals surface area contributed by atoms with E-state index in [2.05, 4.69) is 10.3 Å². The van der Waals surface area contributed by atoms with Crippen molar-refractivity contribution >= 4 is 45.5 Å². The van der Waals surface area contributed by atoms with E-state index in [1.54, 1.807) is 36.3 Å². The molecule has 3 aromatic rings. The Labute approximate surface area is 172 Å². The maximum absolute atomic E-state index is 12.5. The molecule has 3 rings (SSSR count). The quantitative estimate of drug-likeness (QED) is 0.534. The van der Waals surface area contributed by atoms with E-state index in [0.29, 0.717) is 21.4 Å².